The number of nitrogens with zero attached hydrogens (tertiary/aromatic N) is 2. The highest BCUT2D eigenvalue weighted by Gasteiger charge is 2.13. The molecule has 7 heteroatoms. The Morgan fingerprint density at radius 1 is 1.39 bits per heavy atom. The second-order valence-electron chi connectivity index (χ2n) is 6.77. The summed E-state index contributed by atoms with van der Waals surface area (Å²) in [5, 5.41) is 13.6. The Morgan fingerprint density at radius 3 is 2.61 bits per heavy atom. The summed E-state index contributed by atoms with van der Waals surface area (Å²) < 4.78 is 0. The second kappa shape index (κ2) is 8.36. The van der Waals surface area contributed by atoms with Crippen LogP contribution in [-0.2, 0) is 11.4 Å². The number of amides is 1. The molecule has 23 heavy (non-hydrogen) atoms. The van der Waals surface area contributed by atoms with Crippen molar-refractivity contribution in [3.05, 3.63) is 34.3 Å². The van der Waals surface area contributed by atoms with Gasteiger partial charge >= 0.3 is 6.09 Å². The van der Waals surface area contributed by atoms with Crippen LogP contribution in [0.4, 0.5) is 4.79 Å². The molecule has 0 saturated carbocycles. The predicted molar refractivity (Wildman–Crippen MR) is 97.3 cm³/mol. The molecule has 0 spiro atoms. The molecule has 0 atom stereocenters. The number of rotatable bonds is 7. The third-order valence-electron chi connectivity index (χ3n) is 3.34. The van der Waals surface area contributed by atoms with Crippen molar-refractivity contribution in [2.45, 2.75) is 39.2 Å². The van der Waals surface area contributed by atoms with Gasteiger partial charge in [0.2, 0.25) is 0 Å². The van der Waals surface area contributed by atoms with Crippen LogP contribution >= 0.6 is 11.6 Å². The molecule has 0 aliphatic carbocycles. The number of hydrogen-bond donors (Lipinski definition) is 1. The number of benzene rings is 1. The Labute approximate surface area is 143 Å². The molecule has 0 aliphatic rings. The summed E-state index contributed by atoms with van der Waals surface area (Å²) in [6.45, 7) is 9.58. The van der Waals surface area contributed by atoms with E-state index in [2.05, 4.69) is 24.8 Å². The van der Waals surface area contributed by atoms with E-state index in [9.17, 15) is 4.79 Å². The zero-order chi connectivity index (χ0) is 17.6. The molecule has 128 valence electrons. The molecule has 1 aromatic rings. The van der Waals surface area contributed by atoms with Gasteiger partial charge in [0.05, 0.1) is 12.3 Å². The normalized spacial score (nSPS) is 12.2. The van der Waals surface area contributed by atoms with Gasteiger partial charge in [0.25, 0.3) is 0 Å². The van der Waals surface area contributed by atoms with Crippen molar-refractivity contribution in [1.82, 2.24) is 4.90 Å². The fraction of sp³-hybridized carbons (Fsp3) is 0.500. The highest BCUT2D eigenvalue weighted by molar-refractivity contribution is 6.76. The Hall–Kier alpha value is -1.53. The van der Waals surface area contributed by atoms with Gasteiger partial charge in [-0.3, -0.25) is 0 Å². The molecular weight excluding hydrogens is 332 g/mol. The van der Waals surface area contributed by atoms with Crippen molar-refractivity contribution in [2.24, 2.45) is 5.16 Å². The first-order valence-electron chi connectivity index (χ1n) is 7.49. The minimum atomic E-state index is -1.13. The SMILES string of the molecule is C/C(=N\OCC[Si](C)(C)C)c1ccc(Cl)c(CN(C)C(=O)O)c1. The lowest BCUT2D eigenvalue weighted by atomic mass is 10.1. The third-order valence-corrected chi connectivity index (χ3v) is 5.42. The molecule has 0 aliphatic heterocycles. The number of carboxylic acid groups (broad SMARTS) is 1. The lowest BCUT2D eigenvalue weighted by molar-refractivity contribution is 0.153. The summed E-state index contributed by atoms with van der Waals surface area (Å²) in [5.74, 6) is 0. The summed E-state index contributed by atoms with van der Waals surface area (Å²) in [6.07, 6.45) is -0.994. The van der Waals surface area contributed by atoms with Crippen LogP contribution in [0, 0.1) is 0 Å². The highest BCUT2D eigenvalue weighted by Crippen LogP contribution is 2.20. The van der Waals surface area contributed by atoms with E-state index in [1.165, 1.54) is 11.9 Å². The average Bonchev–Trinajstić information content (AvgIpc) is 2.44. The fourth-order valence-corrected chi connectivity index (χ4v) is 2.67. The summed E-state index contributed by atoms with van der Waals surface area (Å²) in [4.78, 5) is 17.5. The van der Waals surface area contributed by atoms with E-state index in [0.29, 0.717) is 11.6 Å². The Bertz CT molecular complexity index is 585. The van der Waals surface area contributed by atoms with Crippen LogP contribution in [0.5, 0.6) is 0 Å². The van der Waals surface area contributed by atoms with E-state index < -0.39 is 14.2 Å². The average molecular weight is 357 g/mol. The molecule has 0 saturated heterocycles. The first-order valence-corrected chi connectivity index (χ1v) is 11.6. The lowest BCUT2D eigenvalue weighted by Crippen LogP contribution is -2.24. The third kappa shape index (κ3) is 7.05. The lowest BCUT2D eigenvalue weighted by Gasteiger charge is -2.15. The summed E-state index contributed by atoms with van der Waals surface area (Å²) >= 11 is 6.14. The molecule has 0 fully saturated rings. The van der Waals surface area contributed by atoms with Gasteiger partial charge in [-0.05, 0) is 36.2 Å². The molecule has 1 aromatic carbocycles. The van der Waals surface area contributed by atoms with Gasteiger partial charge in [0.1, 0.15) is 6.61 Å². The monoisotopic (exact) mass is 356 g/mol. The van der Waals surface area contributed by atoms with E-state index in [1.54, 1.807) is 6.07 Å². The van der Waals surface area contributed by atoms with Crippen molar-refractivity contribution in [1.29, 1.82) is 0 Å². The van der Waals surface area contributed by atoms with Crippen LogP contribution in [0.15, 0.2) is 23.4 Å². The maximum absolute atomic E-state index is 10.9. The minimum Gasteiger partial charge on any atom is -0.465 e. The van der Waals surface area contributed by atoms with Gasteiger partial charge in [-0.2, -0.15) is 0 Å². The topological polar surface area (TPSA) is 62.1 Å². The van der Waals surface area contributed by atoms with E-state index in [4.69, 9.17) is 21.5 Å². The molecule has 1 N–H and O–H groups in total. The first-order chi connectivity index (χ1) is 10.6. The van der Waals surface area contributed by atoms with Gasteiger partial charge in [0, 0.05) is 20.1 Å². The van der Waals surface area contributed by atoms with Crippen molar-refractivity contribution < 1.29 is 14.7 Å². The van der Waals surface area contributed by atoms with Crippen LogP contribution in [0.1, 0.15) is 18.1 Å². The van der Waals surface area contributed by atoms with Gasteiger partial charge < -0.3 is 14.8 Å². The summed E-state index contributed by atoms with van der Waals surface area (Å²) in [6, 6.07) is 6.51. The Balaban J connectivity index is 2.77. The summed E-state index contributed by atoms with van der Waals surface area (Å²) in [5.41, 5.74) is 2.36. The zero-order valence-corrected chi connectivity index (χ0v) is 16.1. The number of carbonyl (C=O) groups is 1. The smallest absolute Gasteiger partial charge is 0.407 e. The molecule has 0 aromatic heterocycles. The van der Waals surface area contributed by atoms with E-state index in [1.807, 2.05) is 19.1 Å². The van der Waals surface area contributed by atoms with Crippen LogP contribution in [0.2, 0.25) is 30.7 Å². The fourth-order valence-electron chi connectivity index (χ4n) is 1.79. The quantitative estimate of drug-likeness (QED) is 0.338. The van der Waals surface area contributed by atoms with Crippen LogP contribution in [0.25, 0.3) is 0 Å². The molecule has 0 heterocycles. The maximum Gasteiger partial charge on any atom is 0.407 e. The number of oxime groups is 1. The zero-order valence-electron chi connectivity index (χ0n) is 14.4. The van der Waals surface area contributed by atoms with Crippen molar-refractivity contribution in [2.75, 3.05) is 13.7 Å². The van der Waals surface area contributed by atoms with Crippen LogP contribution < -0.4 is 0 Å². The summed E-state index contributed by atoms with van der Waals surface area (Å²) in [7, 11) is 0.379. The highest BCUT2D eigenvalue weighted by atomic mass is 35.5. The second-order valence-corrected chi connectivity index (χ2v) is 12.8. The number of halogens is 1. The predicted octanol–water partition coefficient (Wildman–Crippen LogP) is 4.53. The molecule has 5 nitrogen and oxygen atoms in total. The molecular formula is C16H25ClN2O3Si. The minimum absolute atomic E-state index is 0.228. The Kier molecular flexibility index (Phi) is 7.09. The first kappa shape index (κ1) is 19.5. The van der Waals surface area contributed by atoms with Gasteiger partial charge in [0.15, 0.2) is 0 Å². The van der Waals surface area contributed by atoms with Crippen molar-refractivity contribution >= 4 is 31.5 Å². The van der Waals surface area contributed by atoms with E-state index >= 15 is 0 Å². The van der Waals surface area contributed by atoms with E-state index in [0.717, 1.165) is 22.9 Å². The van der Waals surface area contributed by atoms with Crippen LogP contribution in [0.3, 0.4) is 0 Å². The standard InChI is InChI=1S/C16H25ClN2O3Si/c1-12(18-22-8-9-23(3,4)5)13-6-7-15(17)14(10-13)11-19(2)16(20)21/h6-7,10H,8-9,11H2,1-5H3,(H,20,21)/b18-12+. The van der Waals surface area contributed by atoms with Gasteiger partial charge in [-0.15, -0.1) is 0 Å². The van der Waals surface area contributed by atoms with Gasteiger partial charge in [-0.1, -0.05) is 42.5 Å². The van der Waals surface area contributed by atoms with Crippen molar-refractivity contribution in [3.63, 3.8) is 0 Å². The van der Waals surface area contributed by atoms with Gasteiger partial charge in [-0.25, -0.2) is 4.79 Å². The largest absolute Gasteiger partial charge is 0.465 e. The van der Waals surface area contributed by atoms with Crippen molar-refractivity contribution in [3.8, 4) is 0 Å². The van der Waals surface area contributed by atoms with E-state index in [-0.39, 0.29) is 6.54 Å². The molecule has 0 radical (unpaired) electrons. The molecule has 1 rings (SSSR count). The maximum atomic E-state index is 10.9. The Morgan fingerprint density at radius 2 is 2.04 bits per heavy atom. The molecule has 0 bridgehead atoms. The van der Waals surface area contributed by atoms with Crippen LogP contribution in [-0.4, -0.2) is 43.5 Å². The molecule has 1 amide bonds. The number of hydrogen-bond acceptors (Lipinski definition) is 3. The molecule has 0 unspecified atom stereocenters.